The predicted molar refractivity (Wildman–Crippen MR) is 99.2 cm³/mol. The van der Waals surface area contributed by atoms with Crippen LogP contribution in [0.1, 0.15) is 10.4 Å². The molecular formula is C15H14BrClN2O6S. The molecule has 140 valence electrons. The smallest absolute Gasteiger partial charge is 0.265 e. The number of phenolic OH excluding ortho intramolecular Hbond substituents is 2. The van der Waals surface area contributed by atoms with Crippen molar-refractivity contribution < 1.29 is 28.5 Å². The highest BCUT2D eigenvalue weighted by molar-refractivity contribution is 9.10. The summed E-state index contributed by atoms with van der Waals surface area (Å²) in [7, 11) is -4.29. The molecule has 0 fully saturated rings. The van der Waals surface area contributed by atoms with Crippen molar-refractivity contribution in [3.63, 3.8) is 0 Å². The Kier molecular flexibility index (Phi) is 6.34. The third-order valence-electron chi connectivity index (χ3n) is 3.17. The van der Waals surface area contributed by atoms with Gasteiger partial charge in [-0.2, -0.15) is 0 Å². The molecule has 0 heterocycles. The van der Waals surface area contributed by atoms with Crippen molar-refractivity contribution in [2.24, 2.45) is 0 Å². The number of carbonyl (C=O) groups excluding carboxylic acids is 1. The van der Waals surface area contributed by atoms with Crippen LogP contribution in [-0.2, 0) is 10.0 Å². The van der Waals surface area contributed by atoms with Crippen LogP contribution >= 0.6 is 27.5 Å². The lowest BCUT2D eigenvalue weighted by molar-refractivity contribution is 0.0942. The first-order valence-electron chi connectivity index (χ1n) is 7.08. The molecule has 0 bridgehead atoms. The van der Waals surface area contributed by atoms with Gasteiger partial charge < -0.3 is 20.6 Å². The zero-order valence-electron chi connectivity index (χ0n) is 13.0. The van der Waals surface area contributed by atoms with Gasteiger partial charge >= 0.3 is 0 Å². The molecule has 1 amide bonds. The van der Waals surface area contributed by atoms with E-state index in [9.17, 15) is 23.4 Å². The fourth-order valence-electron chi connectivity index (χ4n) is 2.02. The number of amides is 1. The number of aliphatic hydroxyl groups is 1. The zero-order valence-corrected chi connectivity index (χ0v) is 16.2. The van der Waals surface area contributed by atoms with Gasteiger partial charge in [0, 0.05) is 16.0 Å². The van der Waals surface area contributed by atoms with E-state index >= 15 is 0 Å². The van der Waals surface area contributed by atoms with Crippen molar-refractivity contribution in [2.75, 3.05) is 17.9 Å². The van der Waals surface area contributed by atoms with Gasteiger partial charge in [0.1, 0.15) is 10.6 Å². The van der Waals surface area contributed by atoms with E-state index in [1.54, 1.807) is 0 Å². The largest absolute Gasteiger partial charge is 0.507 e. The predicted octanol–water partition coefficient (Wildman–Crippen LogP) is 2.04. The number of anilines is 1. The van der Waals surface area contributed by atoms with E-state index in [0.29, 0.717) is 4.47 Å². The van der Waals surface area contributed by atoms with Crippen LogP contribution in [0.5, 0.6) is 11.5 Å². The van der Waals surface area contributed by atoms with Crippen molar-refractivity contribution in [2.45, 2.75) is 4.90 Å². The Bertz CT molecular complexity index is 951. The van der Waals surface area contributed by atoms with Crippen LogP contribution in [0.2, 0.25) is 5.02 Å². The van der Waals surface area contributed by atoms with Crippen LogP contribution in [0.4, 0.5) is 5.69 Å². The summed E-state index contributed by atoms with van der Waals surface area (Å²) < 4.78 is 27.5. The average Bonchev–Trinajstić information content (AvgIpc) is 2.57. The molecule has 0 aliphatic carbocycles. The molecule has 0 spiro atoms. The molecule has 26 heavy (non-hydrogen) atoms. The van der Waals surface area contributed by atoms with Crippen LogP contribution in [0.15, 0.2) is 39.7 Å². The highest BCUT2D eigenvalue weighted by Gasteiger charge is 2.23. The standard InChI is InChI=1S/C15H14BrClN2O6S/c16-8-1-2-12(21)13(5-8)26(24,25)19-11-7-9(17)6-10(14(11)22)15(23)18-3-4-20/h1-2,5-7,19-22H,3-4H2,(H,18,23). The van der Waals surface area contributed by atoms with Crippen molar-refractivity contribution >= 4 is 49.1 Å². The number of aromatic hydroxyl groups is 2. The van der Waals surface area contributed by atoms with Gasteiger partial charge in [-0.05, 0) is 30.3 Å². The molecule has 2 rings (SSSR count). The quantitative estimate of drug-likeness (QED) is 0.414. The molecule has 0 atom stereocenters. The number of phenols is 2. The van der Waals surface area contributed by atoms with Gasteiger partial charge in [0.05, 0.1) is 17.9 Å². The minimum absolute atomic E-state index is 0.00638. The maximum Gasteiger partial charge on any atom is 0.265 e. The number of benzene rings is 2. The molecule has 5 N–H and O–H groups in total. The number of hydrogen-bond donors (Lipinski definition) is 5. The lowest BCUT2D eigenvalue weighted by atomic mass is 10.1. The number of carbonyl (C=O) groups is 1. The number of halogens is 2. The van der Waals surface area contributed by atoms with Gasteiger partial charge in [-0.15, -0.1) is 0 Å². The van der Waals surface area contributed by atoms with Crippen LogP contribution in [0, 0.1) is 0 Å². The number of rotatable bonds is 6. The molecule has 0 aliphatic rings. The SMILES string of the molecule is O=C(NCCO)c1cc(Cl)cc(NS(=O)(=O)c2cc(Br)ccc2O)c1O. The van der Waals surface area contributed by atoms with Crippen molar-refractivity contribution in [1.29, 1.82) is 0 Å². The van der Waals surface area contributed by atoms with Gasteiger partial charge in [-0.3, -0.25) is 9.52 Å². The van der Waals surface area contributed by atoms with Crippen LogP contribution < -0.4 is 10.0 Å². The van der Waals surface area contributed by atoms with E-state index in [1.807, 2.05) is 0 Å². The van der Waals surface area contributed by atoms with Crippen molar-refractivity contribution in [1.82, 2.24) is 5.32 Å². The first-order chi connectivity index (χ1) is 12.2. The second kappa shape index (κ2) is 8.12. The van der Waals surface area contributed by atoms with E-state index < -0.39 is 32.3 Å². The number of hydrogen-bond acceptors (Lipinski definition) is 6. The summed E-state index contributed by atoms with van der Waals surface area (Å²) in [4.78, 5) is 11.6. The lowest BCUT2D eigenvalue weighted by Crippen LogP contribution is -2.26. The third-order valence-corrected chi connectivity index (χ3v) is 5.28. The van der Waals surface area contributed by atoms with Gasteiger partial charge in [0.2, 0.25) is 0 Å². The molecule has 0 unspecified atom stereocenters. The molecule has 2 aromatic carbocycles. The van der Waals surface area contributed by atoms with Gasteiger partial charge in [-0.25, -0.2) is 8.42 Å². The third kappa shape index (κ3) is 4.58. The number of aliphatic hydroxyl groups excluding tert-OH is 1. The normalized spacial score (nSPS) is 11.2. The summed E-state index contributed by atoms with van der Waals surface area (Å²) in [6, 6.07) is 6.08. The Balaban J connectivity index is 2.44. The molecule has 0 aromatic heterocycles. The first kappa shape index (κ1) is 20.3. The maximum absolute atomic E-state index is 12.5. The molecule has 8 nitrogen and oxygen atoms in total. The molecular weight excluding hydrogens is 452 g/mol. The molecule has 0 saturated heterocycles. The minimum atomic E-state index is -4.29. The molecule has 11 heteroatoms. The molecule has 0 radical (unpaired) electrons. The summed E-state index contributed by atoms with van der Waals surface area (Å²) in [5.41, 5.74) is -0.617. The van der Waals surface area contributed by atoms with Crippen LogP contribution in [0.25, 0.3) is 0 Å². The molecule has 0 saturated carbocycles. The van der Waals surface area contributed by atoms with E-state index in [-0.39, 0.29) is 29.4 Å². The van der Waals surface area contributed by atoms with Crippen LogP contribution in [-0.4, -0.2) is 42.8 Å². The summed E-state index contributed by atoms with van der Waals surface area (Å²) >= 11 is 9.01. The Morgan fingerprint density at radius 2 is 1.88 bits per heavy atom. The van der Waals surface area contributed by atoms with E-state index in [2.05, 4.69) is 26.0 Å². The highest BCUT2D eigenvalue weighted by atomic mass is 79.9. The van der Waals surface area contributed by atoms with Crippen LogP contribution in [0.3, 0.4) is 0 Å². The first-order valence-corrected chi connectivity index (χ1v) is 9.74. The maximum atomic E-state index is 12.5. The number of nitrogens with one attached hydrogen (secondary N) is 2. The molecule has 2 aromatic rings. The zero-order chi connectivity index (χ0) is 19.5. The highest BCUT2D eigenvalue weighted by Crippen LogP contribution is 2.35. The fraction of sp³-hybridized carbons (Fsp3) is 0.133. The number of sulfonamides is 1. The molecule has 0 aliphatic heterocycles. The average molecular weight is 466 g/mol. The van der Waals surface area contributed by atoms with Gasteiger partial charge in [0.15, 0.2) is 5.75 Å². The summed E-state index contributed by atoms with van der Waals surface area (Å²) in [6.45, 7) is -0.369. The Hall–Kier alpha value is -2.01. The minimum Gasteiger partial charge on any atom is -0.507 e. The summed E-state index contributed by atoms with van der Waals surface area (Å²) in [5.74, 6) is -1.89. The Morgan fingerprint density at radius 3 is 2.54 bits per heavy atom. The fourth-order valence-corrected chi connectivity index (χ4v) is 3.93. The van der Waals surface area contributed by atoms with E-state index in [1.165, 1.54) is 18.2 Å². The topological polar surface area (TPSA) is 136 Å². The summed E-state index contributed by atoms with van der Waals surface area (Å²) in [5, 5.41) is 31.1. The summed E-state index contributed by atoms with van der Waals surface area (Å²) in [6.07, 6.45) is 0. The van der Waals surface area contributed by atoms with E-state index in [4.69, 9.17) is 16.7 Å². The van der Waals surface area contributed by atoms with E-state index in [0.717, 1.165) is 12.1 Å². The van der Waals surface area contributed by atoms with Crippen molar-refractivity contribution in [3.05, 3.63) is 45.4 Å². The second-order valence-corrected chi connectivity index (χ2v) is 8.05. The van der Waals surface area contributed by atoms with Gasteiger partial charge in [-0.1, -0.05) is 27.5 Å². The monoisotopic (exact) mass is 464 g/mol. The Morgan fingerprint density at radius 1 is 1.19 bits per heavy atom. The lowest BCUT2D eigenvalue weighted by Gasteiger charge is -2.14. The van der Waals surface area contributed by atoms with Crippen molar-refractivity contribution in [3.8, 4) is 11.5 Å². The second-order valence-electron chi connectivity index (χ2n) is 5.05. The Labute approximate surface area is 162 Å². The van der Waals surface area contributed by atoms with Gasteiger partial charge in [0.25, 0.3) is 15.9 Å².